The van der Waals surface area contributed by atoms with Crippen molar-refractivity contribution in [3.05, 3.63) is 56.4 Å². The Labute approximate surface area is 155 Å². The minimum absolute atomic E-state index is 0.0161. The van der Waals surface area contributed by atoms with Gasteiger partial charge in [0.25, 0.3) is 5.91 Å². The zero-order chi connectivity index (χ0) is 17.8. The van der Waals surface area contributed by atoms with Crippen molar-refractivity contribution in [3.8, 4) is 12.1 Å². The van der Waals surface area contributed by atoms with E-state index in [9.17, 15) is 15.3 Å². The van der Waals surface area contributed by atoms with Gasteiger partial charge in [0, 0.05) is 9.90 Å². The number of halogens is 1. The number of anilines is 1. The van der Waals surface area contributed by atoms with E-state index < -0.39 is 5.91 Å². The summed E-state index contributed by atoms with van der Waals surface area (Å²) in [7, 11) is 0. The molecule has 0 spiro atoms. The fraction of sp³-hybridized carbons (Fsp3) is 0.211. The fourth-order valence-corrected chi connectivity index (χ4v) is 4.18. The lowest BCUT2D eigenvalue weighted by molar-refractivity contribution is -0.112. The predicted molar refractivity (Wildman–Crippen MR) is 99.3 cm³/mol. The predicted octanol–water partition coefficient (Wildman–Crippen LogP) is 4.70. The maximum atomic E-state index is 12.5. The van der Waals surface area contributed by atoms with Crippen LogP contribution in [0.5, 0.6) is 0 Å². The summed E-state index contributed by atoms with van der Waals surface area (Å²) in [5.74, 6) is -0.507. The lowest BCUT2D eigenvalue weighted by Crippen LogP contribution is -2.13. The average molecular weight is 368 g/mol. The van der Waals surface area contributed by atoms with Gasteiger partial charge in [-0.2, -0.15) is 10.5 Å². The molecule has 0 aliphatic heterocycles. The number of hydrogen-bond donors (Lipinski definition) is 1. The van der Waals surface area contributed by atoms with Crippen molar-refractivity contribution in [2.45, 2.75) is 25.7 Å². The van der Waals surface area contributed by atoms with Crippen LogP contribution in [0.1, 0.15) is 34.4 Å². The van der Waals surface area contributed by atoms with Crippen LogP contribution in [0.2, 0.25) is 5.02 Å². The van der Waals surface area contributed by atoms with Crippen molar-refractivity contribution in [3.63, 3.8) is 0 Å². The largest absolute Gasteiger partial charge is 0.312 e. The molecule has 1 amide bonds. The van der Waals surface area contributed by atoms with E-state index in [1.165, 1.54) is 22.3 Å². The first kappa shape index (κ1) is 17.2. The fourth-order valence-electron chi connectivity index (χ4n) is 2.82. The van der Waals surface area contributed by atoms with Crippen molar-refractivity contribution < 1.29 is 4.79 Å². The highest BCUT2D eigenvalue weighted by Gasteiger charge is 2.22. The third-order valence-electron chi connectivity index (χ3n) is 4.06. The number of fused-ring (bicyclic) bond motifs is 1. The van der Waals surface area contributed by atoms with E-state index >= 15 is 0 Å². The van der Waals surface area contributed by atoms with E-state index in [4.69, 9.17) is 11.6 Å². The average Bonchev–Trinajstić information content (AvgIpc) is 2.98. The maximum Gasteiger partial charge on any atom is 0.266 e. The summed E-state index contributed by atoms with van der Waals surface area (Å²) in [5.41, 5.74) is 2.28. The molecular formula is C19H14ClN3OS. The number of thiophene rings is 1. The monoisotopic (exact) mass is 367 g/mol. The lowest BCUT2D eigenvalue weighted by Gasteiger charge is -2.09. The standard InChI is InChI=1S/C19H14ClN3OS/c20-14-7-5-12(6-8-14)9-13(10-21)18(24)23-19-16(11-22)15-3-1-2-4-17(15)25-19/h5-9H,1-4H2,(H,23,24)/b13-9+. The molecule has 1 heterocycles. The van der Waals surface area contributed by atoms with Crippen molar-refractivity contribution in [2.75, 3.05) is 5.32 Å². The van der Waals surface area contributed by atoms with Crippen molar-refractivity contribution in [2.24, 2.45) is 0 Å². The normalized spacial score (nSPS) is 13.5. The smallest absolute Gasteiger partial charge is 0.266 e. The van der Waals surface area contributed by atoms with Crippen LogP contribution >= 0.6 is 22.9 Å². The number of hydrogen-bond acceptors (Lipinski definition) is 4. The topological polar surface area (TPSA) is 76.7 Å². The lowest BCUT2D eigenvalue weighted by atomic mass is 9.96. The molecular weight excluding hydrogens is 354 g/mol. The molecule has 1 aliphatic carbocycles. The summed E-state index contributed by atoms with van der Waals surface area (Å²) in [6.45, 7) is 0. The summed E-state index contributed by atoms with van der Waals surface area (Å²) in [5, 5.41) is 22.6. The van der Waals surface area contributed by atoms with Gasteiger partial charge in [-0.3, -0.25) is 4.79 Å². The Balaban J connectivity index is 1.86. The molecule has 0 saturated heterocycles. The molecule has 1 aromatic carbocycles. The second-order valence-corrected chi connectivity index (χ2v) is 7.24. The molecule has 25 heavy (non-hydrogen) atoms. The highest BCUT2D eigenvalue weighted by Crippen LogP contribution is 2.37. The molecule has 6 heteroatoms. The van der Waals surface area contributed by atoms with Crippen LogP contribution in [0.4, 0.5) is 5.00 Å². The molecule has 1 aliphatic rings. The van der Waals surface area contributed by atoms with E-state index in [1.54, 1.807) is 24.3 Å². The van der Waals surface area contributed by atoms with Gasteiger partial charge < -0.3 is 5.32 Å². The molecule has 3 rings (SSSR count). The maximum absolute atomic E-state index is 12.5. The second-order valence-electron chi connectivity index (χ2n) is 5.70. The molecule has 0 radical (unpaired) electrons. The number of benzene rings is 1. The van der Waals surface area contributed by atoms with Gasteiger partial charge in [0.15, 0.2) is 0 Å². The van der Waals surface area contributed by atoms with Crippen LogP contribution in [0, 0.1) is 22.7 Å². The Hall–Kier alpha value is -2.60. The molecule has 0 unspecified atom stereocenters. The molecule has 1 aromatic heterocycles. The van der Waals surface area contributed by atoms with Gasteiger partial charge in [-0.15, -0.1) is 11.3 Å². The first-order valence-electron chi connectivity index (χ1n) is 7.85. The molecule has 0 fully saturated rings. The Morgan fingerprint density at radius 1 is 1.20 bits per heavy atom. The SMILES string of the molecule is N#C/C(=C\c1ccc(Cl)cc1)C(=O)Nc1sc2c(c1C#N)CCCC2. The van der Waals surface area contributed by atoms with Crippen LogP contribution < -0.4 is 5.32 Å². The van der Waals surface area contributed by atoms with Gasteiger partial charge >= 0.3 is 0 Å². The van der Waals surface area contributed by atoms with Gasteiger partial charge in [0.2, 0.25) is 0 Å². The van der Waals surface area contributed by atoms with Gasteiger partial charge in [-0.25, -0.2) is 0 Å². The first-order chi connectivity index (χ1) is 12.1. The summed E-state index contributed by atoms with van der Waals surface area (Å²) < 4.78 is 0. The molecule has 2 aromatic rings. The zero-order valence-electron chi connectivity index (χ0n) is 13.3. The highest BCUT2D eigenvalue weighted by atomic mass is 35.5. The number of rotatable bonds is 3. The summed E-state index contributed by atoms with van der Waals surface area (Å²) >= 11 is 7.28. The van der Waals surface area contributed by atoms with Crippen molar-refractivity contribution in [1.29, 1.82) is 10.5 Å². The Morgan fingerprint density at radius 3 is 2.60 bits per heavy atom. The molecule has 0 bridgehead atoms. The molecule has 124 valence electrons. The number of aryl methyl sites for hydroxylation is 1. The summed E-state index contributed by atoms with van der Waals surface area (Å²) in [6, 6.07) is 11.0. The number of nitriles is 2. The van der Waals surface area contributed by atoms with E-state index in [0.717, 1.165) is 31.2 Å². The van der Waals surface area contributed by atoms with Gasteiger partial charge in [-0.1, -0.05) is 23.7 Å². The van der Waals surface area contributed by atoms with Crippen LogP contribution in [0.15, 0.2) is 29.8 Å². The Morgan fingerprint density at radius 2 is 1.92 bits per heavy atom. The summed E-state index contributed by atoms with van der Waals surface area (Å²) in [6.07, 6.45) is 5.48. The number of nitrogens with zero attached hydrogens (tertiary/aromatic N) is 2. The minimum Gasteiger partial charge on any atom is -0.312 e. The van der Waals surface area contributed by atoms with Crippen molar-refractivity contribution >= 4 is 39.9 Å². The van der Waals surface area contributed by atoms with E-state index in [0.29, 0.717) is 21.2 Å². The van der Waals surface area contributed by atoms with E-state index in [2.05, 4.69) is 11.4 Å². The third kappa shape index (κ3) is 3.74. The second kappa shape index (κ2) is 7.53. The molecule has 0 saturated carbocycles. The molecule has 4 nitrogen and oxygen atoms in total. The van der Waals surface area contributed by atoms with Gasteiger partial charge in [0.05, 0.1) is 5.56 Å². The first-order valence-corrected chi connectivity index (χ1v) is 9.05. The van der Waals surface area contributed by atoms with Gasteiger partial charge in [0.1, 0.15) is 22.7 Å². The Kier molecular flexibility index (Phi) is 5.19. The van der Waals surface area contributed by atoms with Crippen LogP contribution in [-0.2, 0) is 17.6 Å². The third-order valence-corrected chi connectivity index (χ3v) is 5.52. The van der Waals surface area contributed by atoms with Crippen LogP contribution in [0.3, 0.4) is 0 Å². The van der Waals surface area contributed by atoms with Crippen molar-refractivity contribution in [1.82, 2.24) is 0 Å². The van der Waals surface area contributed by atoms with E-state index in [1.807, 2.05) is 6.07 Å². The quantitative estimate of drug-likeness (QED) is 0.631. The van der Waals surface area contributed by atoms with Crippen LogP contribution in [-0.4, -0.2) is 5.91 Å². The minimum atomic E-state index is -0.507. The summed E-state index contributed by atoms with van der Waals surface area (Å²) in [4.78, 5) is 13.6. The van der Waals surface area contributed by atoms with Crippen LogP contribution in [0.25, 0.3) is 6.08 Å². The molecule has 0 atom stereocenters. The van der Waals surface area contributed by atoms with Gasteiger partial charge in [-0.05, 0) is 55.0 Å². The Bertz CT molecular complexity index is 929. The number of carbonyl (C=O) groups is 1. The highest BCUT2D eigenvalue weighted by molar-refractivity contribution is 7.16. The zero-order valence-corrected chi connectivity index (χ0v) is 14.9. The number of amides is 1. The molecule has 1 N–H and O–H groups in total. The number of carbonyl (C=O) groups excluding carboxylic acids is 1. The number of nitrogens with one attached hydrogen (secondary N) is 1. The van der Waals surface area contributed by atoms with E-state index in [-0.39, 0.29) is 5.57 Å².